The number of hydrogen-bond acceptors (Lipinski definition) is 7. The van der Waals surface area contributed by atoms with E-state index in [2.05, 4.69) is 5.32 Å². The van der Waals surface area contributed by atoms with E-state index >= 15 is 0 Å². The Hall–Kier alpha value is -4.38. The molecule has 2 aromatic rings. The molecule has 0 saturated heterocycles. The van der Waals surface area contributed by atoms with Crippen molar-refractivity contribution in [1.82, 2.24) is 0 Å². The number of hydrogen-bond donors (Lipinski definition) is 2. The van der Waals surface area contributed by atoms with Gasteiger partial charge in [0, 0.05) is 22.4 Å². The molecule has 0 aromatic heterocycles. The maximum absolute atomic E-state index is 13.6. The van der Waals surface area contributed by atoms with Gasteiger partial charge in [0.1, 0.15) is 22.8 Å². The number of carbonyl (C=O) groups is 3. The Morgan fingerprint density at radius 2 is 1.80 bits per heavy atom. The minimum atomic E-state index is -1.92. The molecule has 0 saturated carbocycles. The number of amides is 1. The van der Waals surface area contributed by atoms with Crippen LogP contribution in [0.3, 0.4) is 0 Å². The van der Waals surface area contributed by atoms with E-state index in [-0.39, 0.29) is 28.0 Å². The molecule has 30 heavy (non-hydrogen) atoms. The molecule has 1 atom stereocenters. The SMILES string of the molecule is COc1ccc2c(c1)C1(C(=O)N2)C(C#N)=C(N)OC2=C1C(=O)c1ccccc1C2=O. The number of nitriles is 1. The first-order valence-corrected chi connectivity index (χ1v) is 8.96. The average Bonchev–Trinajstić information content (AvgIpc) is 3.03. The second-order valence-corrected chi connectivity index (χ2v) is 6.98. The van der Waals surface area contributed by atoms with Gasteiger partial charge in [0.25, 0.3) is 0 Å². The topological polar surface area (TPSA) is 132 Å². The van der Waals surface area contributed by atoms with Gasteiger partial charge in [0.05, 0.1) is 12.7 Å². The van der Waals surface area contributed by atoms with Crippen LogP contribution in [0.5, 0.6) is 5.75 Å². The van der Waals surface area contributed by atoms with E-state index in [1.807, 2.05) is 6.07 Å². The Morgan fingerprint density at radius 3 is 2.47 bits per heavy atom. The van der Waals surface area contributed by atoms with Crippen molar-refractivity contribution in [3.63, 3.8) is 0 Å². The van der Waals surface area contributed by atoms with Gasteiger partial charge in [0.2, 0.25) is 17.6 Å². The Labute approximate surface area is 170 Å². The first-order valence-electron chi connectivity index (χ1n) is 8.96. The summed E-state index contributed by atoms with van der Waals surface area (Å²) in [6.45, 7) is 0. The minimum Gasteiger partial charge on any atom is -0.497 e. The van der Waals surface area contributed by atoms with Crippen molar-refractivity contribution >= 4 is 23.2 Å². The summed E-state index contributed by atoms with van der Waals surface area (Å²) in [6.07, 6.45) is 0. The van der Waals surface area contributed by atoms with Crippen LogP contribution in [0, 0.1) is 11.3 Å². The lowest BCUT2D eigenvalue weighted by molar-refractivity contribution is -0.118. The van der Waals surface area contributed by atoms with Crippen LogP contribution in [0.4, 0.5) is 5.69 Å². The standard InChI is InChI=1S/C22H13N3O5/c1-29-10-6-7-15-13(8-10)22(21(28)25-15)14(9-23)20(24)30-19-16(22)17(26)11-4-2-3-5-12(11)18(19)27/h2-8H,24H2,1H3,(H,25,28). The van der Waals surface area contributed by atoms with Gasteiger partial charge in [-0.15, -0.1) is 0 Å². The molecule has 8 nitrogen and oxygen atoms in total. The molecule has 0 bridgehead atoms. The number of nitrogens with two attached hydrogens (primary N) is 1. The van der Waals surface area contributed by atoms with E-state index < -0.39 is 28.8 Å². The van der Waals surface area contributed by atoms with Gasteiger partial charge in [-0.2, -0.15) is 5.26 Å². The summed E-state index contributed by atoms with van der Waals surface area (Å²) >= 11 is 0. The smallest absolute Gasteiger partial charge is 0.245 e. The molecule has 0 radical (unpaired) electrons. The predicted octanol–water partition coefficient (Wildman–Crippen LogP) is 1.94. The molecule has 1 unspecified atom stereocenters. The van der Waals surface area contributed by atoms with Crippen molar-refractivity contribution in [2.45, 2.75) is 5.41 Å². The average molecular weight is 399 g/mol. The van der Waals surface area contributed by atoms with Crippen LogP contribution in [0.15, 0.2) is 65.3 Å². The van der Waals surface area contributed by atoms with E-state index in [4.69, 9.17) is 15.2 Å². The van der Waals surface area contributed by atoms with Crippen LogP contribution in [0.2, 0.25) is 0 Å². The third-order valence-electron chi connectivity index (χ3n) is 5.62. The largest absolute Gasteiger partial charge is 0.497 e. The van der Waals surface area contributed by atoms with Crippen LogP contribution < -0.4 is 15.8 Å². The summed E-state index contributed by atoms with van der Waals surface area (Å²) in [5.74, 6) is -2.16. The van der Waals surface area contributed by atoms with E-state index in [1.54, 1.807) is 30.3 Å². The molecule has 3 aliphatic rings. The lowest BCUT2D eigenvalue weighted by atomic mass is 9.64. The van der Waals surface area contributed by atoms with Crippen LogP contribution in [-0.2, 0) is 14.9 Å². The molecule has 1 spiro atoms. The number of allylic oxidation sites excluding steroid dienone is 1. The highest BCUT2D eigenvalue weighted by Crippen LogP contribution is 2.54. The molecular weight excluding hydrogens is 386 g/mol. The van der Waals surface area contributed by atoms with E-state index in [0.29, 0.717) is 17.0 Å². The molecule has 2 aliphatic heterocycles. The fourth-order valence-electron chi connectivity index (χ4n) is 4.30. The number of nitrogens with zero attached hydrogens (tertiary/aromatic N) is 1. The van der Waals surface area contributed by atoms with E-state index in [9.17, 15) is 19.6 Å². The number of nitrogens with one attached hydrogen (secondary N) is 1. The molecule has 0 fully saturated rings. The summed E-state index contributed by atoms with van der Waals surface area (Å²) in [6, 6.07) is 12.9. The van der Waals surface area contributed by atoms with Gasteiger partial charge in [-0.3, -0.25) is 14.4 Å². The number of rotatable bonds is 1. The van der Waals surface area contributed by atoms with Crippen LogP contribution in [0.25, 0.3) is 0 Å². The Balaban J connectivity index is 1.91. The number of ketones is 2. The highest BCUT2D eigenvalue weighted by molar-refractivity contribution is 6.31. The quantitative estimate of drug-likeness (QED) is 0.749. The van der Waals surface area contributed by atoms with E-state index in [0.717, 1.165) is 0 Å². The van der Waals surface area contributed by atoms with Crippen LogP contribution >= 0.6 is 0 Å². The number of anilines is 1. The number of benzene rings is 2. The lowest BCUT2D eigenvalue weighted by Gasteiger charge is -2.36. The van der Waals surface area contributed by atoms with Crippen molar-refractivity contribution in [2.24, 2.45) is 5.73 Å². The highest BCUT2D eigenvalue weighted by atomic mass is 16.5. The molecular formula is C22H13N3O5. The molecule has 3 N–H and O–H groups in total. The predicted molar refractivity (Wildman–Crippen MR) is 103 cm³/mol. The van der Waals surface area contributed by atoms with Crippen LogP contribution in [0.1, 0.15) is 26.3 Å². The Kier molecular flexibility index (Phi) is 3.43. The first-order chi connectivity index (χ1) is 14.4. The third-order valence-corrected chi connectivity index (χ3v) is 5.62. The number of methoxy groups -OCH3 is 1. The lowest BCUT2D eigenvalue weighted by Crippen LogP contribution is -2.48. The van der Waals surface area contributed by atoms with Gasteiger partial charge < -0.3 is 20.5 Å². The van der Waals surface area contributed by atoms with Crippen molar-refractivity contribution in [3.8, 4) is 11.8 Å². The molecule has 1 amide bonds. The molecule has 1 aliphatic carbocycles. The van der Waals surface area contributed by atoms with Gasteiger partial charge in [0.15, 0.2) is 11.5 Å². The summed E-state index contributed by atoms with van der Waals surface area (Å²) in [4.78, 5) is 40.1. The number of carbonyl (C=O) groups excluding carboxylic acids is 3. The molecule has 2 aromatic carbocycles. The zero-order chi connectivity index (χ0) is 21.2. The molecule has 5 rings (SSSR count). The maximum Gasteiger partial charge on any atom is 0.245 e. The number of ether oxygens (including phenoxy) is 2. The normalized spacial score (nSPS) is 21.5. The molecule has 2 heterocycles. The van der Waals surface area contributed by atoms with Crippen molar-refractivity contribution in [2.75, 3.05) is 12.4 Å². The van der Waals surface area contributed by atoms with Crippen molar-refractivity contribution in [1.29, 1.82) is 5.26 Å². The summed E-state index contributed by atoms with van der Waals surface area (Å²) in [7, 11) is 1.45. The Bertz CT molecular complexity index is 1310. The van der Waals surface area contributed by atoms with Crippen molar-refractivity contribution < 1.29 is 23.9 Å². The second-order valence-electron chi connectivity index (χ2n) is 6.98. The zero-order valence-corrected chi connectivity index (χ0v) is 15.6. The van der Waals surface area contributed by atoms with Gasteiger partial charge in [-0.05, 0) is 18.2 Å². The van der Waals surface area contributed by atoms with Gasteiger partial charge in [-0.25, -0.2) is 0 Å². The fraction of sp³-hybridized carbons (Fsp3) is 0.0909. The van der Waals surface area contributed by atoms with Crippen LogP contribution in [-0.4, -0.2) is 24.6 Å². The number of Topliss-reactive ketones (excluding diaryl/α,β-unsaturated/α-hetero) is 2. The molecule has 8 heteroatoms. The number of fused-ring (bicyclic) bond motifs is 4. The third kappa shape index (κ3) is 1.91. The second kappa shape index (κ2) is 5.81. The first kappa shape index (κ1) is 17.7. The van der Waals surface area contributed by atoms with E-state index in [1.165, 1.54) is 19.2 Å². The fourth-order valence-corrected chi connectivity index (χ4v) is 4.30. The molecule has 146 valence electrons. The Morgan fingerprint density at radius 1 is 1.10 bits per heavy atom. The van der Waals surface area contributed by atoms with Gasteiger partial charge >= 0.3 is 0 Å². The minimum absolute atomic E-state index is 0.131. The summed E-state index contributed by atoms with van der Waals surface area (Å²) in [5, 5.41) is 12.6. The summed E-state index contributed by atoms with van der Waals surface area (Å²) in [5.41, 5.74) is 4.55. The van der Waals surface area contributed by atoms with Crippen molar-refractivity contribution in [3.05, 3.63) is 81.9 Å². The summed E-state index contributed by atoms with van der Waals surface area (Å²) < 4.78 is 10.7. The highest BCUT2D eigenvalue weighted by Gasteiger charge is 2.61. The van der Waals surface area contributed by atoms with Gasteiger partial charge in [-0.1, -0.05) is 24.3 Å². The monoisotopic (exact) mass is 399 g/mol. The maximum atomic E-state index is 13.6. The zero-order valence-electron chi connectivity index (χ0n) is 15.6.